The summed E-state index contributed by atoms with van der Waals surface area (Å²) < 4.78 is 12.7. The maximum absolute atomic E-state index is 5.63. The minimum absolute atomic E-state index is 0.272. The van der Waals surface area contributed by atoms with Crippen molar-refractivity contribution < 1.29 is 9.47 Å². The molecule has 2 rings (SSSR count). The first-order chi connectivity index (χ1) is 9.63. The molecule has 114 valence electrons. The van der Waals surface area contributed by atoms with Crippen LogP contribution in [0.15, 0.2) is 0 Å². The van der Waals surface area contributed by atoms with E-state index in [1.54, 1.807) is 7.11 Å². The Kier molecular flexibility index (Phi) is 5.39. The van der Waals surface area contributed by atoms with E-state index in [1.165, 1.54) is 11.4 Å². The number of morpholine rings is 1. The molecule has 6 heteroatoms. The van der Waals surface area contributed by atoms with Crippen molar-refractivity contribution in [1.82, 2.24) is 15.1 Å². The third-order valence-corrected chi connectivity index (χ3v) is 3.64. The molecule has 1 atom stereocenters. The molecule has 0 aromatic carbocycles. The Morgan fingerprint density at radius 3 is 3.00 bits per heavy atom. The fraction of sp³-hybridized carbons (Fsp3) is 0.786. The van der Waals surface area contributed by atoms with Crippen molar-refractivity contribution in [2.24, 2.45) is 7.05 Å². The van der Waals surface area contributed by atoms with Crippen LogP contribution in [0, 0.1) is 6.92 Å². The third kappa shape index (κ3) is 3.50. The van der Waals surface area contributed by atoms with Crippen molar-refractivity contribution in [3.63, 3.8) is 0 Å². The summed E-state index contributed by atoms with van der Waals surface area (Å²) in [7, 11) is 3.73. The van der Waals surface area contributed by atoms with Gasteiger partial charge in [-0.15, -0.1) is 0 Å². The minimum Gasteiger partial charge on any atom is -0.383 e. The summed E-state index contributed by atoms with van der Waals surface area (Å²) in [4.78, 5) is 2.38. The number of hydrogen-bond acceptors (Lipinski definition) is 5. The second-order valence-corrected chi connectivity index (χ2v) is 5.31. The van der Waals surface area contributed by atoms with Crippen LogP contribution in [-0.2, 0) is 23.1 Å². The van der Waals surface area contributed by atoms with E-state index in [1.807, 2.05) is 11.7 Å². The number of methoxy groups -OCH3 is 1. The molecular weight excluding hydrogens is 256 g/mol. The van der Waals surface area contributed by atoms with Gasteiger partial charge in [0, 0.05) is 45.9 Å². The third-order valence-electron chi connectivity index (χ3n) is 3.64. The van der Waals surface area contributed by atoms with Gasteiger partial charge in [0.1, 0.15) is 5.82 Å². The number of nitrogens with one attached hydrogen (secondary N) is 1. The van der Waals surface area contributed by atoms with Crippen LogP contribution < -0.4 is 10.2 Å². The Bertz CT molecular complexity index is 433. The molecule has 0 radical (unpaired) electrons. The standard InChI is InChI=1S/C14H26N4O2/c1-11-10-18(6-8-20-11)14-13(9-15-5-7-19-4)12(2)16-17(14)3/h11,15H,5-10H2,1-4H3. The number of anilines is 1. The second kappa shape index (κ2) is 7.06. The summed E-state index contributed by atoms with van der Waals surface area (Å²) in [6.45, 7) is 9.21. The Morgan fingerprint density at radius 2 is 2.30 bits per heavy atom. The Labute approximate surface area is 121 Å². The predicted molar refractivity (Wildman–Crippen MR) is 79.2 cm³/mol. The summed E-state index contributed by atoms with van der Waals surface area (Å²) in [6.07, 6.45) is 0.272. The van der Waals surface area contributed by atoms with Gasteiger partial charge in [0.25, 0.3) is 0 Å². The van der Waals surface area contributed by atoms with E-state index < -0.39 is 0 Å². The van der Waals surface area contributed by atoms with Crippen molar-refractivity contribution >= 4 is 5.82 Å². The molecule has 0 aliphatic carbocycles. The van der Waals surface area contributed by atoms with E-state index in [9.17, 15) is 0 Å². The first kappa shape index (κ1) is 15.3. The quantitative estimate of drug-likeness (QED) is 0.778. The molecule has 0 bridgehead atoms. The summed E-state index contributed by atoms with van der Waals surface area (Å²) in [6, 6.07) is 0. The maximum atomic E-state index is 5.63. The van der Waals surface area contributed by atoms with Crippen LogP contribution in [0.5, 0.6) is 0 Å². The molecule has 2 heterocycles. The van der Waals surface area contributed by atoms with Crippen molar-refractivity contribution in [2.75, 3.05) is 44.9 Å². The average Bonchev–Trinajstić information content (AvgIpc) is 2.69. The molecule has 1 N–H and O–H groups in total. The maximum Gasteiger partial charge on any atom is 0.131 e. The largest absolute Gasteiger partial charge is 0.383 e. The highest BCUT2D eigenvalue weighted by molar-refractivity contribution is 5.50. The van der Waals surface area contributed by atoms with Gasteiger partial charge in [0.15, 0.2) is 0 Å². The average molecular weight is 282 g/mol. The van der Waals surface area contributed by atoms with Crippen molar-refractivity contribution in [3.05, 3.63) is 11.3 Å². The monoisotopic (exact) mass is 282 g/mol. The van der Waals surface area contributed by atoms with Gasteiger partial charge in [0.2, 0.25) is 0 Å². The number of aryl methyl sites for hydroxylation is 2. The zero-order valence-corrected chi connectivity index (χ0v) is 13.0. The SMILES string of the molecule is COCCNCc1c(C)nn(C)c1N1CCOC(C)C1. The van der Waals surface area contributed by atoms with Gasteiger partial charge in [-0.2, -0.15) is 5.10 Å². The van der Waals surface area contributed by atoms with Crippen LogP contribution in [0.1, 0.15) is 18.2 Å². The van der Waals surface area contributed by atoms with E-state index >= 15 is 0 Å². The number of aromatic nitrogens is 2. The summed E-state index contributed by atoms with van der Waals surface area (Å²) in [5.41, 5.74) is 2.37. The van der Waals surface area contributed by atoms with Gasteiger partial charge >= 0.3 is 0 Å². The van der Waals surface area contributed by atoms with Gasteiger partial charge in [0.05, 0.1) is 25.0 Å². The molecule has 1 fully saturated rings. The highest BCUT2D eigenvalue weighted by atomic mass is 16.5. The lowest BCUT2D eigenvalue weighted by Crippen LogP contribution is -2.42. The topological polar surface area (TPSA) is 51.5 Å². The smallest absolute Gasteiger partial charge is 0.131 e. The van der Waals surface area contributed by atoms with Crippen molar-refractivity contribution in [2.45, 2.75) is 26.5 Å². The van der Waals surface area contributed by atoms with Gasteiger partial charge < -0.3 is 19.7 Å². The molecule has 0 spiro atoms. The van der Waals surface area contributed by atoms with Gasteiger partial charge in [-0.1, -0.05) is 0 Å². The van der Waals surface area contributed by atoms with Crippen molar-refractivity contribution in [3.8, 4) is 0 Å². The highest BCUT2D eigenvalue weighted by Gasteiger charge is 2.23. The van der Waals surface area contributed by atoms with E-state index in [2.05, 4.69) is 29.2 Å². The molecule has 0 saturated carbocycles. The second-order valence-electron chi connectivity index (χ2n) is 5.31. The molecule has 1 aliphatic heterocycles. The lowest BCUT2D eigenvalue weighted by molar-refractivity contribution is 0.0526. The first-order valence-corrected chi connectivity index (χ1v) is 7.22. The van der Waals surface area contributed by atoms with Crippen LogP contribution >= 0.6 is 0 Å². The molecule has 0 amide bonds. The molecular formula is C14H26N4O2. The fourth-order valence-electron chi connectivity index (χ4n) is 2.69. The van der Waals surface area contributed by atoms with Crippen molar-refractivity contribution in [1.29, 1.82) is 0 Å². The summed E-state index contributed by atoms with van der Waals surface area (Å²) >= 11 is 0. The summed E-state index contributed by atoms with van der Waals surface area (Å²) in [5, 5.41) is 7.98. The van der Waals surface area contributed by atoms with Gasteiger partial charge in [-0.25, -0.2) is 0 Å². The normalized spacial score (nSPS) is 19.6. The number of nitrogens with zero attached hydrogens (tertiary/aromatic N) is 3. The van der Waals surface area contributed by atoms with Gasteiger partial charge in [-0.3, -0.25) is 4.68 Å². The molecule has 1 aromatic heterocycles. The predicted octanol–water partition coefficient (Wildman–Crippen LogP) is 0.690. The Hall–Kier alpha value is -1.11. The molecule has 1 unspecified atom stereocenters. The summed E-state index contributed by atoms with van der Waals surface area (Å²) in [5.74, 6) is 1.21. The lowest BCUT2D eigenvalue weighted by Gasteiger charge is -2.33. The molecule has 1 aliphatic rings. The number of hydrogen-bond donors (Lipinski definition) is 1. The first-order valence-electron chi connectivity index (χ1n) is 7.22. The fourth-order valence-corrected chi connectivity index (χ4v) is 2.69. The van der Waals surface area contributed by atoms with Crippen LogP contribution in [-0.4, -0.2) is 55.8 Å². The minimum atomic E-state index is 0.272. The van der Waals surface area contributed by atoms with Crippen LogP contribution in [0.25, 0.3) is 0 Å². The number of rotatable bonds is 6. The molecule has 1 saturated heterocycles. The van der Waals surface area contributed by atoms with E-state index in [0.717, 1.165) is 45.1 Å². The van der Waals surface area contributed by atoms with Crippen LogP contribution in [0.4, 0.5) is 5.82 Å². The number of ether oxygens (including phenoxy) is 2. The highest BCUT2D eigenvalue weighted by Crippen LogP contribution is 2.25. The van der Waals surface area contributed by atoms with Gasteiger partial charge in [-0.05, 0) is 13.8 Å². The van der Waals surface area contributed by atoms with Crippen LogP contribution in [0.2, 0.25) is 0 Å². The lowest BCUT2D eigenvalue weighted by atomic mass is 10.2. The van der Waals surface area contributed by atoms with E-state index in [4.69, 9.17) is 9.47 Å². The Balaban J connectivity index is 2.10. The van der Waals surface area contributed by atoms with E-state index in [0.29, 0.717) is 0 Å². The zero-order chi connectivity index (χ0) is 14.5. The Morgan fingerprint density at radius 1 is 1.50 bits per heavy atom. The molecule has 20 heavy (non-hydrogen) atoms. The molecule has 6 nitrogen and oxygen atoms in total. The van der Waals surface area contributed by atoms with E-state index in [-0.39, 0.29) is 6.10 Å². The van der Waals surface area contributed by atoms with Crippen LogP contribution in [0.3, 0.4) is 0 Å². The zero-order valence-electron chi connectivity index (χ0n) is 13.0. The molecule has 1 aromatic rings.